The average molecular weight is 282 g/mol. The van der Waals surface area contributed by atoms with Gasteiger partial charge < -0.3 is 10.5 Å². The molecule has 1 heterocycles. The maximum absolute atomic E-state index is 6.24. The van der Waals surface area contributed by atoms with Gasteiger partial charge in [-0.2, -0.15) is 0 Å². The van der Waals surface area contributed by atoms with E-state index in [4.69, 9.17) is 10.5 Å². The third kappa shape index (κ3) is 2.42. The number of ether oxygens (including phenoxy) is 1. The predicted octanol–water partition coefficient (Wildman–Crippen LogP) is 3.98. The molecular formula is C16H14N2OS. The van der Waals surface area contributed by atoms with Gasteiger partial charge in [-0.3, -0.25) is 4.98 Å². The SMILES string of the molecule is COc1ccc(Sc2ccc3ncccc3c2N)cc1. The van der Waals surface area contributed by atoms with Crippen LogP contribution in [0.4, 0.5) is 5.69 Å². The standard InChI is InChI=1S/C16H14N2OS/c1-19-11-4-6-12(7-5-11)20-15-9-8-14-13(16(15)17)3-2-10-18-14/h2-10H,17H2,1H3. The summed E-state index contributed by atoms with van der Waals surface area (Å²) in [7, 11) is 1.66. The highest BCUT2D eigenvalue weighted by Crippen LogP contribution is 2.36. The summed E-state index contributed by atoms with van der Waals surface area (Å²) in [6.45, 7) is 0. The van der Waals surface area contributed by atoms with E-state index in [1.54, 1.807) is 25.1 Å². The van der Waals surface area contributed by atoms with Crippen LogP contribution in [-0.2, 0) is 0 Å². The van der Waals surface area contributed by atoms with Crippen molar-refractivity contribution in [1.29, 1.82) is 0 Å². The summed E-state index contributed by atoms with van der Waals surface area (Å²) in [6, 6.07) is 15.8. The molecule has 1 aromatic heterocycles. The Bertz CT molecular complexity index is 741. The second kappa shape index (κ2) is 5.43. The Hall–Kier alpha value is -2.20. The normalized spacial score (nSPS) is 10.7. The summed E-state index contributed by atoms with van der Waals surface area (Å²) >= 11 is 1.64. The number of benzene rings is 2. The van der Waals surface area contributed by atoms with Crippen LogP contribution in [0, 0.1) is 0 Å². The van der Waals surface area contributed by atoms with Crippen molar-refractivity contribution in [2.24, 2.45) is 0 Å². The molecule has 0 radical (unpaired) electrons. The van der Waals surface area contributed by atoms with Gasteiger partial charge in [0.2, 0.25) is 0 Å². The fourth-order valence-corrected chi connectivity index (χ4v) is 2.90. The van der Waals surface area contributed by atoms with E-state index in [0.717, 1.165) is 32.1 Å². The molecule has 0 saturated carbocycles. The minimum atomic E-state index is 0.774. The Morgan fingerprint density at radius 3 is 2.60 bits per heavy atom. The molecule has 100 valence electrons. The van der Waals surface area contributed by atoms with Crippen LogP contribution in [-0.4, -0.2) is 12.1 Å². The van der Waals surface area contributed by atoms with Crippen molar-refractivity contribution in [2.75, 3.05) is 12.8 Å². The summed E-state index contributed by atoms with van der Waals surface area (Å²) in [5.74, 6) is 0.852. The van der Waals surface area contributed by atoms with Gasteiger partial charge in [-0.05, 0) is 48.5 Å². The van der Waals surface area contributed by atoms with E-state index >= 15 is 0 Å². The lowest BCUT2D eigenvalue weighted by molar-refractivity contribution is 0.414. The Morgan fingerprint density at radius 1 is 1.05 bits per heavy atom. The molecular weight excluding hydrogens is 268 g/mol. The van der Waals surface area contributed by atoms with Gasteiger partial charge in [-0.15, -0.1) is 0 Å². The minimum Gasteiger partial charge on any atom is -0.497 e. The number of hydrogen-bond donors (Lipinski definition) is 1. The molecule has 2 N–H and O–H groups in total. The second-order valence-electron chi connectivity index (χ2n) is 4.33. The summed E-state index contributed by atoms with van der Waals surface area (Å²) in [5.41, 5.74) is 7.93. The summed E-state index contributed by atoms with van der Waals surface area (Å²) < 4.78 is 5.16. The molecule has 0 aliphatic rings. The van der Waals surface area contributed by atoms with Gasteiger partial charge in [0.25, 0.3) is 0 Å². The van der Waals surface area contributed by atoms with Crippen LogP contribution >= 0.6 is 11.8 Å². The smallest absolute Gasteiger partial charge is 0.118 e. The lowest BCUT2D eigenvalue weighted by Gasteiger charge is -2.08. The maximum Gasteiger partial charge on any atom is 0.118 e. The van der Waals surface area contributed by atoms with E-state index in [0.29, 0.717) is 0 Å². The Labute approximate surface area is 121 Å². The Morgan fingerprint density at radius 2 is 1.85 bits per heavy atom. The highest BCUT2D eigenvalue weighted by Gasteiger charge is 2.06. The van der Waals surface area contributed by atoms with Crippen LogP contribution in [0.15, 0.2) is 64.5 Å². The van der Waals surface area contributed by atoms with Crippen LogP contribution in [0.25, 0.3) is 10.9 Å². The predicted molar refractivity (Wildman–Crippen MR) is 83.3 cm³/mol. The third-order valence-electron chi connectivity index (χ3n) is 3.07. The largest absolute Gasteiger partial charge is 0.497 e. The molecule has 0 bridgehead atoms. The molecule has 0 aliphatic carbocycles. The van der Waals surface area contributed by atoms with Crippen LogP contribution in [0.2, 0.25) is 0 Å². The molecule has 0 saturated heterocycles. The Balaban J connectivity index is 1.95. The van der Waals surface area contributed by atoms with Gasteiger partial charge in [0.05, 0.1) is 18.3 Å². The highest BCUT2D eigenvalue weighted by atomic mass is 32.2. The first kappa shape index (κ1) is 12.8. The van der Waals surface area contributed by atoms with Crippen molar-refractivity contribution < 1.29 is 4.74 Å². The highest BCUT2D eigenvalue weighted by molar-refractivity contribution is 7.99. The monoisotopic (exact) mass is 282 g/mol. The molecule has 3 nitrogen and oxygen atoms in total. The molecule has 3 aromatic rings. The zero-order chi connectivity index (χ0) is 13.9. The minimum absolute atomic E-state index is 0.774. The van der Waals surface area contributed by atoms with Crippen molar-refractivity contribution in [3.63, 3.8) is 0 Å². The van der Waals surface area contributed by atoms with E-state index in [9.17, 15) is 0 Å². The van der Waals surface area contributed by atoms with Crippen LogP contribution < -0.4 is 10.5 Å². The van der Waals surface area contributed by atoms with Gasteiger partial charge in [-0.1, -0.05) is 11.8 Å². The maximum atomic E-state index is 6.24. The number of nitrogens with two attached hydrogens (primary N) is 1. The quantitative estimate of drug-likeness (QED) is 0.738. The van der Waals surface area contributed by atoms with E-state index in [-0.39, 0.29) is 0 Å². The fraction of sp³-hybridized carbons (Fsp3) is 0.0625. The molecule has 0 fully saturated rings. The molecule has 0 spiro atoms. The number of aromatic nitrogens is 1. The average Bonchev–Trinajstić information content (AvgIpc) is 2.51. The van der Waals surface area contributed by atoms with Crippen LogP contribution in [0.5, 0.6) is 5.75 Å². The lowest BCUT2D eigenvalue weighted by atomic mass is 10.2. The second-order valence-corrected chi connectivity index (χ2v) is 5.44. The third-order valence-corrected chi connectivity index (χ3v) is 4.16. The molecule has 0 amide bonds. The summed E-state index contributed by atoms with van der Waals surface area (Å²) in [5, 5.41) is 0.992. The molecule has 0 unspecified atom stereocenters. The van der Waals surface area contributed by atoms with Gasteiger partial charge in [0, 0.05) is 21.4 Å². The molecule has 2 aromatic carbocycles. The van der Waals surface area contributed by atoms with Gasteiger partial charge in [0.1, 0.15) is 5.75 Å². The molecule has 3 rings (SSSR count). The van der Waals surface area contributed by atoms with Crippen molar-refractivity contribution in [1.82, 2.24) is 4.98 Å². The molecule has 0 atom stereocenters. The van der Waals surface area contributed by atoms with E-state index in [1.807, 2.05) is 48.5 Å². The van der Waals surface area contributed by atoms with Crippen molar-refractivity contribution >= 4 is 28.4 Å². The number of hydrogen-bond acceptors (Lipinski definition) is 4. The van der Waals surface area contributed by atoms with Crippen LogP contribution in [0.3, 0.4) is 0 Å². The number of nitrogen functional groups attached to an aromatic ring is 1. The van der Waals surface area contributed by atoms with Gasteiger partial charge in [-0.25, -0.2) is 0 Å². The van der Waals surface area contributed by atoms with Crippen molar-refractivity contribution in [3.8, 4) is 5.75 Å². The van der Waals surface area contributed by atoms with Crippen molar-refractivity contribution in [2.45, 2.75) is 9.79 Å². The zero-order valence-corrected chi connectivity index (χ0v) is 11.9. The molecule has 20 heavy (non-hydrogen) atoms. The summed E-state index contributed by atoms with van der Waals surface area (Å²) in [6.07, 6.45) is 1.78. The van der Waals surface area contributed by atoms with Gasteiger partial charge in [0.15, 0.2) is 0 Å². The first-order valence-electron chi connectivity index (χ1n) is 6.23. The summed E-state index contributed by atoms with van der Waals surface area (Å²) in [4.78, 5) is 6.47. The van der Waals surface area contributed by atoms with Gasteiger partial charge >= 0.3 is 0 Å². The topological polar surface area (TPSA) is 48.1 Å². The zero-order valence-electron chi connectivity index (χ0n) is 11.0. The number of methoxy groups -OCH3 is 1. The first-order valence-corrected chi connectivity index (χ1v) is 7.04. The molecule has 4 heteroatoms. The number of fused-ring (bicyclic) bond motifs is 1. The van der Waals surface area contributed by atoms with Crippen LogP contribution in [0.1, 0.15) is 0 Å². The molecule has 0 aliphatic heterocycles. The number of anilines is 1. The Kier molecular flexibility index (Phi) is 3.48. The number of rotatable bonds is 3. The van der Waals surface area contributed by atoms with E-state index < -0.39 is 0 Å². The number of nitrogens with zero attached hydrogens (tertiary/aromatic N) is 1. The van der Waals surface area contributed by atoms with E-state index in [2.05, 4.69) is 4.98 Å². The fourth-order valence-electron chi connectivity index (χ4n) is 2.01. The van der Waals surface area contributed by atoms with Crippen molar-refractivity contribution in [3.05, 3.63) is 54.7 Å². The lowest BCUT2D eigenvalue weighted by Crippen LogP contribution is -1.91. The van der Waals surface area contributed by atoms with E-state index in [1.165, 1.54) is 0 Å². The first-order chi connectivity index (χ1) is 9.78. The number of pyridine rings is 1.